The summed E-state index contributed by atoms with van der Waals surface area (Å²) in [6, 6.07) is 4.65. The van der Waals surface area contributed by atoms with Crippen LogP contribution < -0.4 is 5.32 Å². The van der Waals surface area contributed by atoms with Crippen LogP contribution in [0, 0.1) is 0 Å². The van der Waals surface area contributed by atoms with E-state index in [1.165, 1.54) is 4.88 Å². The Kier molecular flexibility index (Phi) is 3.81. The van der Waals surface area contributed by atoms with Gasteiger partial charge in [0.25, 0.3) is 0 Å². The zero-order valence-electron chi connectivity index (χ0n) is 7.96. The first-order chi connectivity index (χ1) is 6.84. The van der Waals surface area contributed by atoms with E-state index in [-0.39, 0.29) is 0 Å². The number of ether oxygens (including phenoxy) is 1. The first kappa shape index (κ1) is 10.4. The molecule has 4 heteroatoms. The largest absolute Gasteiger partial charge is 0.381 e. The lowest BCUT2D eigenvalue weighted by molar-refractivity contribution is 0.0777. The maximum atomic E-state index is 5.85. The van der Waals surface area contributed by atoms with E-state index in [0.717, 1.165) is 36.9 Å². The molecule has 1 N–H and O–H groups in total. The first-order valence-electron chi connectivity index (χ1n) is 4.90. The predicted octanol–water partition coefficient (Wildman–Crippen LogP) is 2.67. The van der Waals surface area contributed by atoms with E-state index in [4.69, 9.17) is 16.3 Å². The average Bonchev–Trinajstić information content (AvgIpc) is 2.63. The normalized spacial score (nSPS) is 18.6. The van der Waals surface area contributed by atoms with Crippen molar-refractivity contribution >= 4 is 22.9 Å². The summed E-state index contributed by atoms with van der Waals surface area (Å²) < 4.78 is 6.17. The van der Waals surface area contributed by atoms with Crippen molar-refractivity contribution in [2.45, 2.75) is 25.4 Å². The van der Waals surface area contributed by atoms with E-state index in [2.05, 4.69) is 11.4 Å². The van der Waals surface area contributed by atoms with Crippen LogP contribution >= 0.6 is 22.9 Å². The summed E-state index contributed by atoms with van der Waals surface area (Å²) >= 11 is 7.50. The topological polar surface area (TPSA) is 21.3 Å². The van der Waals surface area contributed by atoms with E-state index >= 15 is 0 Å². The molecule has 1 fully saturated rings. The van der Waals surface area contributed by atoms with Gasteiger partial charge in [-0.1, -0.05) is 11.6 Å². The van der Waals surface area contributed by atoms with Crippen molar-refractivity contribution in [3.05, 3.63) is 21.3 Å². The maximum Gasteiger partial charge on any atom is 0.0931 e. The lowest BCUT2D eigenvalue weighted by atomic mass is 10.1. The molecule has 0 bridgehead atoms. The molecule has 0 spiro atoms. The van der Waals surface area contributed by atoms with Gasteiger partial charge in [0.15, 0.2) is 0 Å². The molecule has 0 saturated carbocycles. The molecule has 1 aromatic rings. The Hall–Kier alpha value is -0.0900. The van der Waals surface area contributed by atoms with Crippen molar-refractivity contribution in [1.29, 1.82) is 0 Å². The Morgan fingerprint density at radius 3 is 2.86 bits per heavy atom. The molecule has 0 aromatic carbocycles. The Labute approximate surface area is 93.2 Å². The molecule has 1 aliphatic rings. The van der Waals surface area contributed by atoms with E-state index in [9.17, 15) is 0 Å². The average molecular weight is 232 g/mol. The first-order valence-corrected chi connectivity index (χ1v) is 6.09. The second kappa shape index (κ2) is 5.12. The highest BCUT2D eigenvalue weighted by Gasteiger charge is 2.12. The molecule has 1 aliphatic heterocycles. The van der Waals surface area contributed by atoms with Gasteiger partial charge in [0.05, 0.1) is 4.34 Å². The smallest absolute Gasteiger partial charge is 0.0931 e. The van der Waals surface area contributed by atoms with Crippen LogP contribution in [0.5, 0.6) is 0 Å². The van der Waals surface area contributed by atoms with Crippen LogP contribution in [-0.2, 0) is 11.3 Å². The van der Waals surface area contributed by atoms with E-state index in [1.807, 2.05) is 6.07 Å². The van der Waals surface area contributed by atoms with Gasteiger partial charge in [-0.15, -0.1) is 11.3 Å². The second-order valence-electron chi connectivity index (χ2n) is 3.47. The predicted molar refractivity (Wildman–Crippen MR) is 60.0 cm³/mol. The van der Waals surface area contributed by atoms with Crippen molar-refractivity contribution in [2.75, 3.05) is 13.2 Å². The lowest BCUT2D eigenvalue weighted by Gasteiger charge is -2.22. The number of hydrogen-bond donors (Lipinski definition) is 1. The fourth-order valence-corrected chi connectivity index (χ4v) is 2.63. The Morgan fingerprint density at radius 1 is 1.43 bits per heavy atom. The fraction of sp³-hybridized carbons (Fsp3) is 0.600. The molecule has 0 unspecified atom stereocenters. The lowest BCUT2D eigenvalue weighted by Crippen LogP contribution is -2.34. The quantitative estimate of drug-likeness (QED) is 0.864. The molecular formula is C10H14ClNOS. The number of nitrogens with one attached hydrogen (secondary N) is 1. The number of thiophene rings is 1. The third-order valence-corrected chi connectivity index (χ3v) is 3.65. The minimum atomic E-state index is 0.615. The molecule has 1 saturated heterocycles. The number of hydrogen-bond acceptors (Lipinski definition) is 3. The van der Waals surface area contributed by atoms with Gasteiger partial charge in [0, 0.05) is 30.7 Å². The van der Waals surface area contributed by atoms with Gasteiger partial charge in [-0.25, -0.2) is 0 Å². The van der Waals surface area contributed by atoms with Crippen LogP contribution in [0.15, 0.2) is 12.1 Å². The highest BCUT2D eigenvalue weighted by molar-refractivity contribution is 7.16. The van der Waals surface area contributed by atoms with E-state index in [1.54, 1.807) is 11.3 Å². The van der Waals surface area contributed by atoms with Crippen LogP contribution in [0.3, 0.4) is 0 Å². The molecule has 14 heavy (non-hydrogen) atoms. The summed E-state index contributed by atoms with van der Waals surface area (Å²) in [6.45, 7) is 2.72. The molecule has 2 rings (SSSR count). The maximum absolute atomic E-state index is 5.85. The highest BCUT2D eigenvalue weighted by atomic mass is 35.5. The Bertz CT molecular complexity index is 283. The summed E-state index contributed by atoms with van der Waals surface area (Å²) in [5.41, 5.74) is 0. The number of halogens is 1. The SMILES string of the molecule is Clc1ccc(CNC2CCOCC2)s1. The van der Waals surface area contributed by atoms with E-state index < -0.39 is 0 Å². The van der Waals surface area contributed by atoms with Gasteiger partial charge in [-0.3, -0.25) is 0 Å². The minimum absolute atomic E-state index is 0.615. The minimum Gasteiger partial charge on any atom is -0.381 e. The van der Waals surface area contributed by atoms with Crippen LogP contribution in [0.25, 0.3) is 0 Å². The molecule has 1 aromatic heterocycles. The highest BCUT2D eigenvalue weighted by Crippen LogP contribution is 2.21. The van der Waals surface area contributed by atoms with Crippen molar-refractivity contribution in [1.82, 2.24) is 5.32 Å². The standard InChI is InChI=1S/C10H14ClNOS/c11-10-2-1-9(14-10)7-12-8-3-5-13-6-4-8/h1-2,8,12H,3-7H2. The zero-order chi connectivity index (χ0) is 9.80. The molecule has 0 aliphatic carbocycles. The summed E-state index contributed by atoms with van der Waals surface area (Å²) in [5, 5.41) is 3.52. The van der Waals surface area contributed by atoms with Gasteiger partial charge in [0.1, 0.15) is 0 Å². The zero-order valence-corrected chi connectivity index (χ0v) is 9.53. The molecule has 0 atom stereocenters. The van der Waals surface area contributed by atoms with Gasteiger partial charge in [-0.2, -0.15) is 0 Å². The monoisotopic (exact) mass is 231 g/mol. The molecule has 0 amide bonds. The Balaban J connectivity index is 1.76. The molecule has 2 nitrogen and oxygen atoms in total. The second-order valence-corrected chi connectivity index (χ2v) is 5.27. The molecule has 0 radical (unpaired) electrons. The Morgan fingerprint density at radius 2 is 2.21 bits per heavy atom. The van der Waals surface area contributed by atoms with Crippen LogP contribution in [0.4, 0.5) is 0 Å². The third kappa shape index (κ3) is 2.95. The van der Waals surface area contributed by atoms with Gasteiger partial charge < -0.3 is 10.1 Å². The third-order valence-electron chi connectivity index (χ3n) is 2.42. The summed E-state index contributed by atoms with van der Waals surface area (Å²) in [5.74, 6) is 0. The molecule has 2 heterocycles. The van der Waals surface area contributed by atoms with Crippen molar-refractivity contribution in [2.24, 2.45) is 0 Å². The van der Waals surface area contributed by atoms with Gasteiger partial charge in [0.2, 0.25) is 0 Å². The van der Waals surface area contributed by atoms with Crippen LogP contribution in [0.2, 0.25) is 4.34 Å². The van der Waals surface area contributed by atoms with Crippen LogP contribution in [-0.4, -0.2) is 19.3 Å². The fourth-order valence-electron chi connectivity index (χ4n) is 1.59. The van der Waals surface area contributed by atoms with Crippen LogP contribution in [0.1, 0.15) is 17.7 Å². The molecule has 78 valence electrons. The summed E-state index contributed by atoms with van der Waals surface area (Å²) in [6.07, 6.45) is 2.25. The van der Waals surface area contributed by atoms with Crippen molar-refractivity contribution in [3.63, 3.8) is 0 Å². The van der Waals surface area contributed by atoms with Gasteiger partial charge >= 0.3 is 0 Å². The van der Waals surface area contributed by atoms with E-state index in [0.29, 0.717) is 6.04 Å². The summed E-state index contributed by atoms with van der Waals surface area (Å²) in [7, 11) is 0. The van der Waals surface area contributed by atoms with Crippen molar-refractivity contribution < 1.29 is 4.74 Å². The number of rotatable bonds is 3. The summed E-state index contributed by atoms with van der Waals surface area (Å²) in [4.78, 5) is 1.31. The van der Waals surface area contributed by atoms with Crippen molar-refractivity contribution in [3.8, 4) is 0 Å². The van der Waals surface area contributed by atoms with Gasteiger partial charge in [-0.05, 0) is 25.0 Å². The molecular weight excluding hydrogens is 218 g/mol.